The molecule has 1 aliphatic rings. The quantitative estimate of drug-likeness (QED) is 0.441. The van der Waals surface area contributed by atoms with Crippen LogP contribution in [-0.4, -0.2) is 27.0 Å². The van der Waals surface area contributed by atoms with E-state index in [0.29, 0.717) is 31.6 Å². The van der Waals surface area contributed by atoms with Crippen LogP contribution in [0.15, 0.2) is 72.8 Å². The van der Waals surface area contributed by atoms with Crippen molar-refractivity contribution in [3.8, 4) is 5.75 Å². The number of phenols is 1. The van der Waals surface area contributed by atoms with E-state index in [2.05, 4.69) is 10.6 Å². The summed E-state index contributed by atoms with van der Waals surface area (Å²) in [5, 5.41) is 10.6. The van der Waals surface area contributed by atoms with Gasteiger partial charge in [0, 0.05) is 35.2 Å². The van der Waals surface area contributed by atoms with Gasteiger partial charge in [0.2, 0.25) is 0 Å². The molecule has 1 amide bonds. The molecule has 4 nitrogen and oxygen atoms in total. The van der Waals surface area contributed by atoms with E-state index in [9.17, 15) is 23.1 Å². The second kappa shape index (κ2) is 7.99. The standard InChI is InChI=1S/C26H21F3N2O2/c27-26(28,29)19-9-5-17(6-10-19)15-31-23-4-2-1-3-21(23)22-13-14-30(16-24(22)31)25(33)18-7-11-20(32)12-8-18/h1-12,32H,13-16H2. The topological polar surface area (TPSA) is 45.5 Å². The number of aromatic nitrogens is 1. The van der Waals surface area contributed by atoms with Crippen LogP contribution < -0.4 is 0 Å². The monoisotopic (exact) mass is 450 g/mol. The minimum Gasteiger partial charge on any atom is -0.508 e. The van der Waals surface area contributed by atoms with Crippen molar-refractivity contribution < 1.29 is 23.1 Å². The molecule has 4 aromatic rings. The number of carbonyl (C=O) groups is 1. The van der Waals surface area contributed by atoms with Crippen molar-refractivity contribution in [2.24, 2.45) is 0 Å². The zero-order valence-corrected chi connectivity index (χ0v) is 17.6. The first-order valence-corrected chi connectivity index (χ1v) is 10.6. The van der Waals surface area contributed by atoms with Gasteiger partial charge in [-0.2, -0.15) is 13.2 Å². The molecule has 0 atom stereocenters. The third-order valence-corrected chi connectivity index (χ3v) is 6.19. The number of phenolic OH excluding ortho intramolecular Hbond substituents is 1. The molecule has 0 spiro atoms. The second-order valence-electron chi connectivity index (χ2n) is 8.25. The third-order valence-electron chi connectivity index (χ3n) is 6.19. The van der Waals surface area contributed by atoms with Crippen LogP contribution in [0.2, 0.25) is 0 Å². The average Bonchev–Trinajstić information content (AvgIpc) is 3.12. The molecule has 0 fully saturated rings. The summed E-state index contributed by atoms with van der Waals surface area (Å²) in [5.41, 5.74) is 3.76. The SMILES string of the molecule is O=C(c1ccc(O)cc1)N1CCc2c(n(Cc3ccc(C(F)(F)F)cc3)c3ccccc23)C1. The van der Waals surface area contributed by atoms with Gasteiger partial charge in [0.25, 0.3) is 5.91 Å². The number of nitrogens with zero attached hydrogens (tertiary/aromatic N) is 2. The van der Waals surface area contributed by atoms with E-state index in [1.807, 2.05) is 18.2 Å². The summed E-state index contributed by atoms with van der Waals surface area (Å²) in [4.78, 5) is 14.8. The van der Waals surface area contributed by atoms with Crippen molar-refractivity contribution in [2.45, 2.75) is 25.7 Å². The number of alkyl halides is 3. The lowest BCUT2D eigenvalue weighted by molar-refractivity contribution is -0.137. The molecule has 0 bridgehead atoms. The van der Waals surface area contributed by atoms with Gasteiger partial charge in [0.1, 0.15) is 5.75 Å². The Morgan fingerprint density at radius 3 is 2.33 bits per heavy atom. The molecule has 0 unspecified atom stereocenters. The van der Waals surface area contributed by atoms with Gasteiger partial charge < -0.3 is 14.6 Å². The maximum absolute atomic E-state index is 13.1. The molecular weight excluding hydrogens is 429 g/mol. The molecule has 3 aromatic carbocycles. The Morgan fingerprint density at radius 2 is 1.64 bits per heavy atom. The Morgan fingerprint density at radius 1 is 0.939 bits per heavy atom. The van der Waals surface area contributed by atoms with Gasteiger partial charge in [-0.15, -0.1) is 0 Å². The van der Waals surface area contributed by atoms with Crippen molar-refractivity contribution in [2.75, 3.05) is 6.54 Å². The molecule has 0 aliphatic carbocycles. The van der Waals surface area contributed by atoms with Crippen molar-refractivity contribution in [3.63, 3.8) is 0 Å². The first-order chi connectivity index (χ1) is 15.8. The molecule has 5 rings (SSSR count). The molecule has 33 heavy (non-hydrogen) atoms. The Kier molecular flexibility index (Phi) is 5.12. The van der Waals surface area contributed by atoms with Gasteiger partial charge in [0.05, 0.1) is 12.1 Å². The highest BCUT2D eigenvalue weighted by molar-refractivity contribution is 5.95. The summed E-state index contributed by atoms with van der Waals surface area (Å²) in [6.45, 7) is 1.39. The molecule has 7 heteroatoms. The van der Waals surface area contributed by atoms with E-state index in [-0.39, 0.29) is 11.7 Å². The van der Waals surface area contributed by atoms with E-state index >= 15 is 0 Å². The van der Waals surface area contributed by atoms with E-state index in [1.165, 1.54) is 29.8 Å². The lowest BCUT2D eigenvalue weighted by atomic mass is 10.0. The van der Waals surface area contributed by atoms with E-state index in [1.54, 1.807) is 17.0 Å². The number of para-hydroxylation sites is 1. The second-order valence-corrected chi connectivity index (χ2v) is 8.25. The molecule has 0 radical (unpaired) electrons. The fraction of sp³-hybridized carbons (Fsp3) is 0.192. The van der Waals surface area contributed by atoms with Crippen molar-refractivity contribution in [1.29, 1.82) is 0 Å². The van der Waals surface area contributed by atoms with Gasteiger partial charge >= 0.3 is 6.18 Å². The van der Waals surface area contributed by atoms with Crippen molar-refractivity contribution >= 4 is 16.8 Å². The van der Waals surface area contributed by atoms with Crippen LogP contribution in [0.3, 0.4) is 0 Å². The Labute approximate surface area is 188 Å². The number of halogens is 3. The fourth-order valence-electron chi connectivity index (χ4n) is 4.52. The van der Waals surface area contributed by atoms with Crippen LogP contribution in [0.25, 0.3) is 10.9 Å². The number of fused-ring (bicyclic) bond motifs is 3. The molecule has 1 aromatic heterocycles. The third kappa shape index (κ3) is 3.95. The number of amides is 1. The number of hydrogen-bond donors (Lipinski definition) is 1. The van der Waals surface area contributed by atoms with E-state index in [4.69, 9.17) is 0 Å². The van der Waals surface area contributed by atoms with Crippen LogP contribution in [0.1, 0.15) is 32.7 Å². The van der Waals surface area contributed by atoms with E-state index < -0.39 is 11.7 Å². The summed E-state index contributed by atoms with van der Waals surface area (Å²) in [6.07, 6.45) is -3.67. The van der Waals surface area contributed by atoms with Crippen LogP contribution in [0.5, 0.6) is 5.75 Å². The molecule has 168 valence electrons. The predicted octanol–water partition coefficient (Wildman–Crippen LogP) is 5.61. The zero-order chi connectivity index (χ0) is 23.2. The summed E-state index contributed by atoms with van der Waals surface area (Å²) in [6, 6.07) is 19.4. The number of aromatic hydroxyl groups is 1. The highest BCUT2D eigenvalue weighted by Crippen LogP contribution is 2.33. The fourth-order valence-corrected chi connectivity index (χ4v) is 4.52. The summed E-state index contributed by atoms with van der Waals surface area (Å²) >= 11 is 0. The van der Waals surface area contributed by atoms with Gasteiger partial charge in [-0.3, -0.25) is 4.79 Å². The lowest BCUT2D eigenvalue weighted by Gasteiger charge is -2.29. The van der Waals surface area contributed by atoms with Crippen LogP contribution in [-0.2, 0) is 25.7 Å². The lowest BCUT2D eigenvalue weighted by Crippen LogP contribution is -2.36. The smallest absolute Gasteiger partial charge is 0.416 e. The molecule has 0 saturated heterocycles. The summed E-state index contributed by atoms with van der Waals surface area (Å²) in [5.74, 6) is -0.0175. The average molecular weight is 450 g/mol. The van der Waals surface area contributed by atoms with Crippen LogP contribution in [0, 0.1) is 0 Å². The largest absolute Gasteiger partial charge is 0.508 e. The van der Waals surface area contributed by atoms with Crippen LogP contribution in [0.4, 0.5) is 13.2 Å². The van der Waals surface area contributed by atoms with Gasteiger partial charge in [-0.1, -0.05) is 30.3 Å². The first kappa shape index (κ1) is 21.1. The number of benzene rings is 3. The highest BCUT2D eigenvalue weighted by atomic mass is 19.4. The molecule has 1 aliphatic heterocycles. The van der Waals surface area contributed by atoms with Gasteiger partial charge in [-0.25, -0.2) is 0 Å². The van der Waals surface area contributed by atoms with Gasteiger partial charge in [0.15, 0.2) is 0 Å². The van der Waals surface area contributed by atoms with Crippen LogP contribution >= 0.6 is 0 Å². The zero-order valence-electron chi connectivity index (χ0n) is 17.6. The molecule has 0 saturated carbocycles. The Bertz CT molecular complexity index is 1320. The normalized spacial score (nSPS) is 13.8. The maximum atomic E-state index is 13.1. The highest BCUT2D eigenvalue weighted by Gasteiger charge is 2.30. The number of rotatable bonds is 3. The molecular formula is C26H21F3N2O2. The predicted molar refractivity (Wildman–Crippen MR) is 119 cm³/mol. The molecule has 1 N–H and O–H groups in total. The summed E-state index contributed by atoms with van der Waals surface area (Å²) in [7, 11) is 0. The minimum atomic E-state index is -4.37. The Balaban J connectivity index is 1.50. The summed E-state index contributed by atoms with van der Waals surface area (Å²) < 4.78 is 41.0. The van der Waals surface area contributed by atoms with E-state index in [0.717, 1.165) is 34.3 Å². The van der Waals surface area contributed by atoms with Crippen molar-refractivity contribution in [3.05, 3.63) is 101 Å². The maximum Gasteiger partial charge on any atom is 0.416 e. The van der Waals surface area contributed by atoms with Crippen molar-refractivity contribution in [1.82, 2.24) is 9.47 Å². The first-order valence-electron chi connectivity index (χ1n) is 10.6. The van der Waals surface area contributed by atoms with Gasteiger partial charge in [-0.05, 0) is 60.0 Å². The number of hydrogen-bond acceptors (Lipinski definition) is 2. The number of carbonyl (C=O) groups excluding carboxylic acids is 1. The minimum absolute atomic E-state index is 0.101. The molecule has 2 heterocycles. The Hall–Kier alpha value is -3.74.